The van der Waals surface area contributed by atoms with Crippen LogP contribution in [-0.2, 0) is 16.2 Å². The maximum Gasteiger partial charge on any atom is 0.407 e. The molecule has 2 rings (SSSR count). The fourth-order valence-electron chi connectivity index (χ4n) is 2.22. The first kappa shape index (κ1) is 17.3. The molecule has 0 bridgehead atoms. The number of aromatic nitrogens is 1. The van der Waals surface area contributed by atoms with Gasteiger partial charge in [-0.25, -0.2) is 4.79 Å². The Bertz CT molecular complexity index is 538. The Morgan fingerprint density at radius 3 is 2.83 bits per heavy atom. The van der Waals surface area contributed by atoms with E-state index in [-0.39, 0.29) is 12.1 Å². The van der Waals surface area contributed by atoms with E-state index in [1.54, 1.807) is 6.20 Å². The molecular weight excluding hydrogens is 294 g/mol. The van der Waals surface area contributed by atoms with Gasteiger partial charge in [-0.05, 0) is 52.2 Å². The van der Waals surface area contributed by atoms with E-state index in [9.17, 15) is 4.79 Å². The predicted octanol–water partition coefficient (Wildman–Crippen LogP) is 3.06. The molecule has 126 valence electrons. The number of pyridine rings is 1. The molecule has 1 aromatic heterocycles. The van der Waals surface area contributed by atoms with Gasteiger partial charge in [0.05, 0.1) is 5.69 Å². The fraction of sp³-hybridized carbons (Fsp3) is 0.529. The molecule has 6 nitrogen and oxygen atoms in total. The van der Waals surface area contributed by atoms with Gasteiger partial charge in [0, 0.05) is 17.9 Å². The molecule has 2 N–H and O–H groups in total. The number of nitrogens with zero attached hydrogens (tertiary/aromatic N) is 1. The summed E-state index contributed by atoms with van der Waals surface area (Å²) < 4.78 is 5.26. The molecule has 6 heteroatoms. The van der Waals surface area contributed by atoms with Crippen LogP contribution in [0.25, 0.3) is 0 Å². The molecule has 1 heterocycles. The van der Waals surface area contributed by atoms with E-state index in [0.717, 1.165) is 30.7 Å². The van der Waals surface area contributed by atoms with Gasteiger partial charge in [0.25, 0.3) is 0 Å². The average Bonchev–Trinajstić information content (AvgIpc) is 2.48. The van der Waals surface area contributed by atoms with Gasteiger partial charge in [-0.3, -0.25) is 15.3 Å². The summed E-state index contributed by atoms with van der Waals surface area (Å²) in [7, 11) is 0. The van der Waals surface area contributed by atoms with E-state index in [4.69, 9.17) is 9.57 Å². The zero-order valence-corrected chi connectivity index (χ0v) is 14.0. The number of carbonyl (C=O) groups is 1. The Hall–Kier alpha value is -2.08. The van der Waals surface area contributed by atoms with Crippen molar-refractivity contribution in [3.63, 3.8) is 0 Å². The summed E-state index contributed by atoms with van der Waals surface area (Å²) >= 11 is 0. The van der Waals surface area contributed by atoms with Crippen molar-refractivity contribution in [2.45, 2.75) is 58.3 Å². The average molecular weight is 319 g/mol. The third-order valence-electron chi connectivity index (χ3n) is 3.28. The van der Waals surface area contributed by atoms with Crippen molar-refractivity contribution in [2.75, 3.05) is 0 Å². The highest BCUT2D eigenvalue weighted by molar-refractivity contribution is 5.68. The predicted molar refractivity (Wildman–Crippen MR) is 87.3 cm³/mol. The highest BCUT2D eigenvalue weighted by Gasteiger charge is 2.21. The lowest BCUT2D eigenvalue weighted by Crippen LogP contribution is -2.40. The van der Waals surface area contributed by atoms with Gasteiger partial charge in [-0.2, -0.15) is 0 Å². The lowest BCUT2D eigenvalue weighted by atomic mass is 10.00. The Morgan fingerprint density at radius 2 is 2.22 bits per heavy atom. The Labute approximate surface area is 137 Å². The van der Waals surface area contributed by atoms with Gasteiger partial charge < -0.3 is 10.1 Å². The Balaban J connectivity index is 1.68. The largest absolute Gasteiger partial charge is 0.444 e. The van der Waals surface area contributed by atoms with Crippen molar-refractivity contribution < 1.29 is 14.4 Å². The van der Waals surface area contributed by atoms with Gasteiger partial charge in [-0.15, -0.1) is 0 Å². The number of hydrogen-bond acceptors (Lipinski definition) is 5. The first-order valence-corrected chi connectivity index (χ1v) is 7.88. The summed E-state index contributed by atoms with van der Waals surface area (Å²) in [5.41, 5.74) is 4.39. The van der Waals surface area contributed by atoms with Gasteiger partial charge in [0.1, 0.15) is 12.2 Å². The number of amides is 1. The number of ether oxygens (including phenoxy) is 1. The van der Waals surface area contributed by atoms with Crippen LogP contribution in [0.15, 0.2) is 36.2 Å². The van der Waals surface area contributed by atoms with Crippen LogP contribution in [0.2, 0.25) is 0 Å². The number of carbonyl (C=O) groups excluding carboxylic acids is 1. The number of nitrogens with one attached hydrogen (secondary N) is 2. The molecule has 0 fully saturated rings. The smallest absolute Gasteiger partial charge is 0.407 e. The van der Waals surface area contributed by atoms with Crippen LogP contribution in [0.3, 0.4) is 0 Å². The van der Waals surface area contributed by atoms with Crippen LogP contribution >= 0.6 is 0 Å². The lowest BCUT2D eigenvalue weighted by Gasteiger charge is -2.26. The zero-order chi connectivity index (χ0) is 16.7. The minimum atomic E-state index is -0.472. The van der Waals surface area contributed by atoms with Crippen LogP contribution in [0.1, 0.15) is 45.7 Å². The molecule has 1 aromatic rings. The highest BCUT2D eigenvalue weighted by Crippen LogP contribution is 2.17. The van der Waals surface area contributed by atoms with Gasteiger partial charge in [0.15, 0.2) is 0 Å². The molecule has 1 atom stereocenters. The summed E-state index contributed by atoms with van der Waals surface area (Å²) in [6, 6.07) is 5.82. The van der Waals surface area contributed by atoms with Crippen LogP contribution in [0.4, 0.5) is 4.79 Å². The van der Waals surface area contributed by atoms with Crippen LogP contribution in [0, 0.1) is 0 Å². The standard InChI is InChI=1S/C17H25N3O3/c1-17(2,3)23-16(21)19-13-7-9-14(10-8-13)20-22-12-15-6-4-5-11-18-15/h4-6,9,11,13,20H,7-8,10,12H2,1-3H3,(H,19,21). The SMILES string of the molecule is CC(C)(C)OC(=O)NC1CC=C(NOCc2ccccn2)CC1. The summed E-state index contributed by atoms with van der Waals surface area (Å²) in [5, 5.41) is 2.89. The lowest BCUT2D eigenvalue weighted by molar-refractivity contribution is 0.0418. The van der Waals surface area contributed by atoms with Crippen molar-refractivity contribution in [3.8, 4) is 0 Å². The second-order valence-corrected chi connectivity index (χ2v) is 6.56. The summed E-state index contributed by atoms with van der Waals surface area (Å²) in [4.78, 5) is 21.4. The Kier molecular flexibility index (Phi) is 5.98. The molecule has 1 aliphatic rings. The number of rotatable bonds is 5. The summed E-state index contributed by atoms with van der Waals surface area (Å²) in [5.74, 6) is 0. The number of allylic oxidation sites excluding steroid dienone is 1. The van der Waals surface area contributed by atoms with Crippen LogP contribution in [-0.4, -0.2) is 22.7 Å². The van der Waals surface area contributed by atoms with E-state index in [1.807, 2.05) is 45.0 Å². The maximum atomic E-state index is 11.7. The van der Waals surface area contributed by atoms with Gasteiger partial charge in [-0.1, -0.05) is 12.1 Å². The van der Waals surface area contributed by atoms with Crippen molar-refractivity contribution >= 4 is 6.09 Å². The van der Waals surface area contributed by atoms with Crippen LogP contribution < -0.4 is 10.8 Å². The van der Waals surface area contributed by atoms with Crippen molar-refractivity contribution in [2.24, 2.45) is 0 Å². The van der Waals surface area contributed by atoms with E-state index < -0.39 is 5.60 Å². The molecule has 1 unspecified atom stereocenters. The minimum absolute atomic E-state index is 0.103. The molecule has 0 radical (unpaired) electrons. The molecule has 0 saturated heterocycles. The van der Waals surface area contributed by atoms with E-state index in [1.165, 1.54) is 0 Å². The van der Waals surface area contributed by atoms with E-state index >= 15 is 0 Å². The normalized spacial score (nSPS) is 18.0. The minimum Gasteiger partial charge on any atom is -0.444 e. The van der Waals surface area contributed by atoms with E-state index in [0.29, 0.717) is 6.61 Å². The van der Waals surface area contributed by atoms with Crippen molar-refractivity contribution in [1.82, 2.24) is 15.8 Å². The first-order valence-electron chi connectivity index (χ1n) is 7.88. The molecule has 0 aromatic carbocycles. The first-order chi connectivity index (χ1) is 10.9. The topological polar surface area (TPSA) is 72.5 Å². The summed E-state index contributed by atoms with van der Waals surface area (Å²) in [6.45, 7) is 5.98. The molecule has 0 saturated carbocycles. The molecule has 0 spiro atoms. The third-order valence-corrected chi connectivity index (χ3v) is 3.28. The molecule has 0 aliphatic heterocycles. The van der Waals surface area contributed by atoms with Crippen molar-refractivity contribution in [3.05, 3.63) is 41.9 Å². The fourth-order valence-corrected chi connectivity index (χ4v) is 2.22. The molecule has 1 aliphatic carbocycles. The van der Waals surface area contributed by atoms with E-state index in [2.05, 4.69) is 15.8 Å². The molecule has 1 amide bonds. The number of hydrogen-bond donors (Lipinski definition) is 2. The monoisotopic (exact) mass is 319 g/mol. The highest BCUT2D eigenvalue weighted by atomic mass is 16.6. The zero-order valence-electron chi connectivity index (χ0n) is 14.0. The van der Waals surface area contributed by atoms with Crippen molar-refractivity contribution in [1.29, 1.82) is 0 Å². The van der Waals surface area contributed by atoms with Gasteiger partial charge in [0.2, 0.25) is 0 Å². The maximum absolute atomic E-state index is 11.7. The Morgan fingerprint density at radius 1 is 1.39 bits per heavy atom. The van der Waals surface area contributed by atoms with Crippen LogP contribution in [0.5, 0.6) is 0 Å². The molecule has 23 heavy (non-hydrogen) atoms. The quantitative estimate of drug-likeness (QED) is 0.816. The van der Waals surface area contributed by atoms with Gasteiger partial charge >= 0.3 is 6.09 Å². The second-order valence-electron chi connectivity index (χ2n) is 6.56. The second kappa shape index (κ2) is 7.97. The molecular formula is C17H25N3O3. The number of hydroxylamine groups is 1. The third kappa shape index (κ3) is 6.69. The number of alkyl carbamates (subject to hydrolysis) is 1. The summed E-state index contributed by atoms with van der Waals surface area (Å²) in [6.07, 6.45) is 5.86.